The summed E-state index contributed by atoms with van der Waals surface area (Å²) in [5, 5.41) is 2.36. The molecule has 0 amide bonds. The molecule has 0 saturated carbocycles. The van der Waals surface area contributed by atoms with Crippen molar-refractivity contribution in [1.82, 2.24) is 4.98 Å². The quantitative estimate of drug-likeness (QED) is 0.348. The van der Waals surface area contributed by atoms with Gasteiger partial charge in [0.25, 0.3) is 0 Å². The molecule has 0 radical (unpaired) electrons. The maximum Gasteiger partial charge on any atom is 0.0712 e. The van der Waals surface area contributed by atoms with Gasteiger partial charge in [0.2, 0.25) is 0 Å². The Kier molecular flexibility index (Phi) is 3.39. The largest absolute Gasteiger partial charge is 0.248 e. The Morgan fingerprint density at radius 1 is 0.783 bits per heavy atom. The van der Waals surface area contributed by atoms with E-state index in [0.29, 0.717) is 0 Å². The molecular formula is C22H17N. The van der Waals surface area contributed by atoms with Gasteiger partial charge in [0, 0.05) is 16.7 Å². The lowest BCUT2D eigenvalue weighted by Gasteiger charge is -2.16. The zero-order valence-electron chi connectivity index (χ0n) is 12.8. The van der Waals surface area contributed by atoms with Gasteiger partial charge in [-0.15, -0.1) is 6.58 Å². The summed E-state index contributed by atoms with van der Waals surface area (Å²) in [6.45, 7) is 4.06. The Hall–Kier alpha value is -2.93. The predicted octanol–water partition coefficient (Wildman–Crippen LogP) is 5.71. The summed E-state index contributed by atoms with van der Waals surface area (Å²) in [6.07, 6.45) is 2.01. The molecule has 0 saturated heterocycles. The minimum atomic E-state index is 0.169. The maximum absolute atomic E-state index is 4.81. The lowest BCUT2D eigenvalue weighted by molar-refractivity contribution is 1.04. The van der Waals surface area contributed by atoms with Crippen LogP contribution in [0.5, 0.6) is 0 Å². The van der Waals surface area contributed by atoms with Crippen LogP contribution < -0.4 is 0 Å². The summed E-state index contributed by atoms with van der Waals surface area (Å²) in [7, 11) is 0. The van der Waals surface area contributed by atoms with E-state index >= 15 is 0 Å². The van der Waals surface area contributed by atoms with Crippen molar-refractivity contribution in [2.75, 3.05) is 0 Å². The lowest BCUT2D eigenvalue weighted by Crippen LogP contribution is -1.99. The van der Waals surface area contributed by atoms with Crippen molar-refractivity contribution in [2.24, 2.45) is 0 Å². The van der Waals surface area contributed by atoms with Crippen LogP contribution >= 0.6 is 0 Å². The molecule has 0 fully saturated rings. The molecule has 23 heavy (non-hydrogen) atoms. The van der Waals surface area contributed by atoms with Crippen molar-refractivity contribution in [3.05, 3.63) is 103 Å². The fourth-order valence-electron chi connectivity index (χ4n) is 3.20. The number of nitrogens with zero attached hydrogens (tertiary/aromatic N) is 1. The van der Waals surface area contributed by atoms with Gasteiger partial charge in [-0.1, -0.05) is 66.7 Å². The number of hydrogen-bond acceptors (Lipinski definition) is 1. The Balaban J connectivity index is 1.99. The second-order valence-corrected chi connectivity index (χ2v) is 5.72. The standard InChI is InChI=1S/C22H17N/c1-2-18(16-9-4-3-5-10-16)19-12-8-14-22-20(19)15-17-11-6-7-13-21(17)23-22/h2-15,18H,1H2. The molecule has 1 atom stereocenters. The second kappa shape index (κ2) is 5.69. The Morgan fingerprint density at radius 2 is 1.52 bits per heavy atom. The average molecular weight is 295 g/mol. The van der Waals surface area contributed by atoms with Gasteiger partial charge < -0.3 is 0 Å². The molecule has 110 valence electrons. The number of allylic oxidation sites excluding steroid dienone is 1. The molecule has 0 aliphatic rings. The van der Waals surface area contributed by atoms with Crippen molar-refractivity contribution in [1.29, 1.82) is 0 Å². The summed E-state index contributed by atoms with van der Waals surface area (Å²) in [4.78, 5) is 4.81. The normalized spacial score (nSPS) is 12.3. The molecule has 1 nitrogen and oxygen atoms in total. The fourth-order valence-corrected chi connectivity index (χ4v) is 3.20. The highest BCUT2D eigenvalue weighted by Crippen LogP contribution is 2.32. The third-order valence-corrected chi connectivity index (χ3v) is 4.32. The van der Waals surface area contributed by atoms with Crippen molar-refractivity contribution >= 4 is 21.8 Å². The number of benzene rings is 3. The summed E-state index contributed by atoms with van der Waals surface area (Å²) in [5.74, 6) is 0.169. The number of hydrogen-bond donors (Lipinski definition) is 0. The van der Waals surface area contributed by atoms with Gasteiger partial charge in [-0.2, -0.15) is 0 Å². The fraction of sp³-hybridized carbons (Fsp3) is 0.0455. The second-order valence-electron chi connectivity index (χ2n) is 5.72. The zero-order valence-corrected chi connectivity index (χ0v) is 12.8. The van der Waals surface area contributed by atoms with Crippen LogP contribution in [-0.2, 0) is 0 Å². The van der Waals surface area contributed by atoms with Gasteiger partial charge in [-0.05, 0) is 29.3 Å². The molecule has 4 aromatic rings. The van der Waals surface area contributed by atoms with Crippen molar-refractivity contribution in [3.63, 3.8) is 0 Å². The molecule has 1 unspecified atom stereocenters. The van der Waals surface area contributed by atoms with Crippen LogP contribution in [0, 0.1) is 0 Å². The van der Waals surface area contributed by atoms with Gasteiger partial charge in [-0.25, -0.2) is 4.98 Å². The highest BCUT2D eigenvalue weighted by Gasteiger charge is 2.14. The van der Waals surface area contributed by atoms with E-state index in [1.807, 2.05) is 18.2 Å². The molecule has 0 bridgehead atoms. The maximum atomic E-state index is 4.81. The van der Waals surface area contributed by atoms with E-state index < -0.39 is 0 Å². The van der Waals surface area contributed by atoms with E-state index in [0.717, 1.165) is 11.0 Å². The van der Waals surface area contributed by atoms with Gasteiger partial charge in [0.1, 0.15) is 0 Å². The van der Waals surface area contributed by atoms with Crippen LogP contribution in [0.25, 0.3) is 21.8 Å². The number of rotatable bonds is 3. The van der Waals surface area contributed by atoms with Crippen LogP contribution in [0.1, 0.15) is 17.0 Å². The molecule has 3 aromatic carbocycles. The molecule has 0 aliphatic carbocycles. The molecule has 0 aliphatic heterocycles. The summed E-state index contributed by atoms with van der Waals surface area (Å²) in [5.41, 5.74) is 4.57. The molecule has 0 N–H and O–H groups in total. The minimum absolute atomic E-state index is 0.169. The van der Waals surface area contributed by atoms with Gasteiger partial charge in [0.15, 0.2) is 0 Å². The molecule has 1 heteroatoms. The van der Waals surface area contributed by atoms with E-state index in [4.69, 9.17) is 4.98 Å². The highest BCUT2D eigenvalue weighted by atomic mass is 14.7. The van der Waals surface area contributed by atoms with E-state index in [1.165, 1.54) is 21.9 Å². The summed E-state index contributed by atoms with van der Waals surface area (Å²) in [6, 6.07) is 27.3. The molecule has 0 spiro atoms. The number of para-hydroxylation sites is 1. The molecule has 4 rings (SSSR count). The van der Waals surface area contributed by atoms with E-state index in [-0.39, 0.29) is 5.92 Å². The minimum Gasteiger partial charge on any atom is -0.248 e. The van der Waals surface area contributed by atoms with Crippen LogP contribution in [0.2, 0.25) is 0 Å². The zero-order chi connectivity index (χ0) is 15.6. The summed E-state index contributed by atoms with van der Waals surface area (Å²) < 4.78 is 0. The molecular weight excluding hydrogens is 278 g/mol. The van der Waals surface area contributed by atoms with Crippen LogP contribution in [0.4, 0.5) is 0 Å². The third-order valence-electron chi connectivity index (χ3n) is 4.32. The first-order valence-corrected chi connectivity index (χ1v) is 7.83. The van der Waals surface area contributed by atoms with Gasteiger partial charge in [-0.3, -0.25) is 0 Å². The smallest absolute Gasteiger partial charge is 0.0712 e. The first kappa shape index (κ1) is 13.7. The first-order valence-electron chi connectivity index (χ1n) is 7.83. The number of aromatic nitrogens is 1. The van der Waals surface area contributed by atoms with Gasteiger partial charge >= 0.3 is 0 Å². The Morgan fingerprint density at radius 3 is 2.35 bits per heavy atom. The Bertz CT molecular complexity index is 986. The lowest BCUT2D eigenvalue weighted by atomic mass is 9.88. The predicted molar refractivity (Wildman–Crippen MR) is 97.7 cm³/mol. The van der Waals surface area contributed by atoms with Crippen LogP contribution in [-0.4, -0.2) is 4.98 Å². The van der Waals surface area contributed by atoms with Crippen molar-refractivity contribution in [2.45, 2.75) is 5.92 Å². The third kappa shape index (κ3) is 2.40. The number of pyridine rings is 1. The topological polar surface area (TPSA) is 12.9 Å². The van der Waals surface area contributed by atoms with Gasteiger partial charge in [0.05, 0.1) is 11.0 Å². The van der Waals surface area contributed by atoms with E-state index in [9.17, 15) is 0 Å². The Labute approximate surface area is 135 Å². The first-order chi connectivity index (χ1) is 11.4. The number of fused-ring (bicyclic) bond motifs is 2. The average Bonchev–Trinajstić information content (AvgIpc) is 2.62. The van der Waals surface area contributed by atoms with Crippen LogP contribution in [0.3, 0.4) is 0 Å². The summed E-state index contributed by atoms with van der Waals surface area (Å²) >= 11 is 0. The highest BCUT2D eigenvalue weighted by molar-refractivity contribution is 5.94. The molecule has 1 aromatic heterocycles. The SMILES string of the molecule is C=CC(c1ccccc1)c1cccc2nc3ccccc3cc12. The van der Waals surface area contributed by atoms with Crippen molar-refractivity contribution in [3.8, 4) is 0 Å². The monoisotopic (exact) mass is 295 g/mol. The van der Waals surface area contributed by atoms with E-state index in [1.54, 1.807) is 0 Å². The van der Waals surface area contributed by atoms with Crippen LogP contribution in [0.15, 0.2) is 91.5 Å². The molecule has 1 heterocycles. The van der Waals surface area contributed by atoms with E-state index in [2.05, 4.69) is 73.3 Å². The van der Waals surface area contributed by atoms with Crippen molar-refractivity contribution < 1.29 is 0 Å².